The highest BCUT2D eigenvalue weighted by Crippen LogP contribution is 2.29. The minimum absolute atomic E-state index is 0.179. The maximum absolute atomic E-state index is 5.68. The summed E-state index contributed by atoms with van der Waals surface area (Å²) in [4.78, 5) is 20.5. The molecule has 160 valence electrons. The molecule has 4 heterocycles. The Bertz CT molecular complexity index is 1430. The van der Waals surface area contributed by atoms with Gasteiger partial charge < -0.3 is 19.6 Å². The second-order valence-corrected chi connectivity index (χ2v) is 8.35. The van der Waals surface area contributed by atoms with Gasteiger partial charge in [0.25, 0.3) is 6.01 Å². The maximum atomic E-state index is 5.68. The Morgan fingerprint density at radius 3 is 2.50 bits per heavy atom. The smallest absolute Gasteiger partial charge is 0.292 e. The van der Waals surface area contributed by atoms with Crippen LogP contribution in [0.2, 0.25) is 0 Å². The van der Waals surface area contributed by atoms with E-state index in [0.717, 1.165) is 65.1 Å². The number of fused-ring (bicyclic) bond motifs is 2. The van der Waals surface area contributed by atoms with Gasteiger partial charge in [0.15, 0.2) is 5.58 Å². The SMILES string of the molecule is Cc1cn(C2CCN(c3cnc4ccc(-c5ccc6oc(N)nc6c5)cc4n3)CC2)cn1. The Labute approximate surface area is 184 Å². The second kappa shape index (κ2) is 7.33. The number of anilines is 2. The van der Waals surface area contributed by atoms with E-state index < -0.39 is 0 Å². The van der Waals surface area contributed by atoms with Crippen LogP contribution in [0, 0.1) is 6.92 Å². The molecule has 1 fully saturated rings. The standard InChI is InChI=1S/C24H23N7O/c1-15-13-31(14-27-15)18-6-8-30(9-7-18)23-12-26-19-4-2-16(10-20(19)28-23)17-3-5-22-21(11-17)29-24(25)32-22/h2-5,10-14,18H,6-9H2,1H3,(H2,25,29). The van der Waals surface area contributed by atoms with Crippen molar-refractivity contribution >= 4 is 34.0 Å². The van der Waals surface area contributed by atoms with Crippen LogP contribution in [0.15, 0.2) is 59.5 Å². The van der Waals surface area contributed by atoms with Gasteiger partial charge >= 0.3 is 0 Å². The third-order valence-corrected chi connectivity index (χ3v) is 6.21. The zero-order valence-corrected chi connectivity index (χ0v) is 17.8. The molecule has 1 aliphatic heterocycles. The van der Waals surface area contributed by atoms with Gasteiger partial charge in [0.05, 0.1) is 29.3 Å². The Morgan fingerprint density at radius 2 is 1.72 bits per heavy atom. The molecule has 0 saturated carbocycles. The Morgan fingerprint density at radius 1 is 0.938 bits per heavy atom. The summed E-state index contributed by atoms with van der Waals surface area (Å²) in [5, 5.41) is 0. The Balaban J connectivity index is 1.26. The van der Waals surface area contributed by atoms with Crippen molar-refractivity contribution in [3.05, 3.63) is 60.8 Å². The van der Waals surface area contributed by atoms with Crippen LogP contribution in [0.3, 0.4) is 0 Å². The van der Waals surface area contributed by atoms with E-state index in [9.17, 15) is 0 Å². The highest BCUT2D eigenvalue weighted by atomic mass is 16.4. The van der Waals surface area contributed by atoms with Crippen LogP contribution in [0.25, 0.3) is 33.3 Å². The first-order valence-electron chi connectivity index (χ1n) is 10.8. The molecular formula is C24H23N7O. The van der Waals surface area contributed by atoms with Gasteiger partial charge in [-0.05, 0) is 55.2 Å². The van der Waals surface area contributed by atoms with Crippen molar-refractivity contribution in [3.63, 3.8) is 0 Å². The number of aromatic nitrogens is 5. The normalized spacial score (nSPS) is 15.1. The monoisotopic (exact) mass is 425 g/mol. The van der Waals surface area contributed by atoms with E-state index in [1.165, 1.54) is 0 Å². The van der Waals surface area contributed by atoms with Crippen LogP contribution in [0.1, 0.15) is 24.6 Å². The van der Waals surface area contributed by atoms with Crippen molar-refractivity contribution in [3.8, 4) is 11.1 Å². The number of imidazole rings is 1. The number of nitrogens with zero attached hydrogens (tertiary/aromatic N) is 6. The van der Waals surface area contributed by atoms with Gasteiger partial charge in [-0.25, -0.2) is 9.97 Å². The fourth-order valence-electron chi connectivity index (χ4n) is 4.49. The van der Waals surface area contributed by atoms with Crippen molar-refractivity contribution in [2.24, 2.45) is 0 Å². The van der Waals surface area contributed by atoms with E-state index in [1.54, 1.807) is 0 Å². The lowest BCUT2D eigenvalue weighted by atomic mass is 10.0. The van der Waals surface area contributed by atoms with E-state index >= 15 is 0 Å². The van der Waals surface area contributed by atoms with Gasteiger partial charge in [-0.1, -0.05) is 12.1 Å². The van der Waals surface area contributed by atoms with Crippen LogP contribution < -0.4 is 10.6 Å². The van der Waals surface area contributed by atoms with E-state index in [1.807, 2.05) is 43.7 Å². The number of nitrogen functional groups attached to an aromatic ring is 1. The molecule has 0 spiro atoms. The molecule has 0 unspecified atom stereocenters. The maximum Gasteiger partial charge on any atom is 0.292 e. The molecule has 0 aliphatic carbocycles. The summed E-state index contributed by atoms with van der Waals surface area (Å²) in [5.41, 5.74) is 12.0. The largest absolute Gasteiger partial charge is 0.424 e. The quantitative estimate of drug-likeness (QED) is 0.458. The minimum Gasteiger partial charge on any atom is -0.424 e. The zero-order chi connectivity index (χ0) is 21.7. The first-order valence-corrected chi connectivity index (χ1v) is 10.8. The molecule has 2 N–H and O–H groups in total. The fourth-order valence-corrected chi connectivity index (χ4v) is 4.49. The molecule has 5 aromatic rings. The molecule has 32 heavy (non-hydrogen) atoms. The molecule has 1 aliphatic rings. The van der Waals surface area contributed by atoms with Crippen LogP contribution in [0.4, 0.5) is 11.8 Å². The van der Waals surface area contributed by atoms with Crippen molar-refractivity contribution in [1.82, 2.24) is 24.5 Å². The third kappa shape index (κ3) is 3.33. The summed E-state index contributed by atoms with van der Waals surface area (Å²) in [6, 6.07) is 12.7. The Kier molecular flexibility index (Phi) is 4.31. The Hall–Kier alpha value is -3.94. The van der Waals surface area contributed by atoms with Gasteiger partial charge in [0.2, 0.25) is 0 Å². The van der Waals surface area contributed by atoms with Crippen molar-refractivity contribution < 1.29 is 4.42 Å². The molecule has 0 amide bonds. The average molecular weight is 425 g/mol. The summed E-state index contributed by atoms with van der Waals surface area (Å²) < 4.78 is 7.62. The van der Waals surface area contributed by atoms with Gasteiger partial charge in [-0.3, -0.25) is 4.98 Å². The van der Waals surface area contributed by atoms with E-state index in [2.05, 4.69) is 42.7 Å². The number of piperidine rings is 1. The predicted octanol–water partition coefficient (Wildman–Crippen LogP) is 4.37. The zero-order valence-electron chi connectivity index (χ0n) is 17.8. The molecule has 6 rings (SSSR count). The number of benzene rings is 2. The molecule has 3 aromatic heterocycles. The number of rotatable bonds is 3. The molecule has 1 saturated heterocycles. The van der Waals surface area contributed by atoms with Crippen molar-refractivity contribution in [2.45, 2.75) is 25.8 Å². The fraction of sp³-hybridized carbons (Fsp3) is 0.250. The number of nitrogens with two attached hydrogens (primary N) is 1. The molecule has 8 heteroatoms. The van der Waals surface area contributed by atoms with Crippen LogP contribution in [-0.4, -0.2) is 37.6 Å². The third-order valence-electron chi connectivity index (χ3n) is 6.21. The van der Waals surface area contributed by atoms with Gasteiger partial charge in [-0.2, -0.15) is 4.98 Å². The number of hydrogen-bond donors (Lipinski definition) is 1. The van der Waals surface area contributed by atoms with Crippen molar-refractivity contribution in [2.75, 3.05) is 23.7 Å². The second-order valence-electron chi connectivity index (χ2n) is 8.35. The van der Waals surface area contributed by atoms with Gasteiger partial charge in [-0.15, -0.1) is 0 Å². The first-order chi connectivity index (χ1) is 15.6. The molecule has 0 radical (unpaired) electrons. The minimum atomic E-state index is 0.179. The molecule has 2 aromatic carbocycles. The van der Waals surface area contributed by atoms with E-state index in [0.29, 0.717) is 11.6 Å². The lowest BCUT2D eigenvalue weighted by molar-refractivity contribution is 0.394. The van der Waals surface area contributed by atoms with E-state index in [4.69, 9.17) is 15.1 Å². The van der Waals surface area contributed by atoms with Crippen LogP contribution in [-0.2, 0) is 0 Å². The summed E-state index contributed by atoms with van der Waals surface area (Å²) in [6.07, 6.45) is 8.08. The molecular weight excluding hydrogens is 402 g/mol. The number of oxazole rings is 1. The number of hydrogen-bond acceptors (Lipinski definition) is 7. The van der Waals surface area contributed by atoms with Crippen molar-refractivity contribution in [1.29, 1.82) is 0 Å². The predicted molar refractivity (Wildman–Crippen MR) is 124 cm³/mol. The van der Waals surface area contributed by atoms with Crippen LogP contribution in [0.5, 0.6) is 0 Å². The molecule has 0 bridgehead atoms. The highest BCUT2D eigenvalue weighted by molar-refractivity contribution is 5.86. The highest BCUT2D eigenvalue weighted by Gasteiger charge is 2.22. The van der Waals surface area contributed by atoms with E-state index in [-0.39, 0.29) is 6.01 Å². The van der Waals surface area contributed by atoms with Crippen LogP contribution >= 0.6 is 0 Å². The van der Waals surface area contributed by atoms with Gasteiger partial charge in [0.1, 0.15) is 11.3 Å². The first kappa shape index (κ1) is 18.8. The lowest BCUT2D eigenvalue weighted by Gasteiger charge is -2.33. The topological polar surface area (TPSA) is 98.9 Å². The number of aryl methyl sites for hydroxylation is 1. The van der Waals surface area contributed by atoms with Gasteiger partial charge in [0, 0.05) is 25.3 Å². The summed E-state index contributed by atoms with van der Waals surface area (Å²) in [6.45, 7) is 3.93. The molecule has 0 atom stereocenters. The average Bonchev–Trinajstić information content (AvgIpc) is 3.42. The summed E-state index contributed by atoms with van der Waals surface area (Å²) >= 11 is 0. The summed E-state index contributed by atoms with van der Waals surface area (Å²) in [7, 11) is 0. The lowest BCUT2D eigenvalue weighted by Crippen LogP contribution is -2.35. The molecule has 8 nitrogen and oxygen atoms in total. The summed E-state index contributed by atoms with van der Waals surface area (Å²) in [5.74, 6) is 0.926.